The van der Waals surface area contributed by atoms with Crippen molar-refractivity contribution >= 4 is 16.4 Å². The topological polar surface area (TPSA) is 178 Å². The zero-order valence-electron chi connectivity index (χ0n) is 42.4. The molecule has 6 atom stereocenters. The monoisotopic (exact) mass is 981 g/mol. The van der Waals surface area contributed by atoms with E-state index in [4.69, 9.17) is 18.9 Å². The minimum Gasteiger partial charge on any atom is -0.457 e. The Morgan fingerprint density at radius 1 is 0.574 bits per heavy atom. The lowest BCUT2D eigenvalue weighted by atomic mass is 9.99. The van der Waals surface area contributed by atoms with Crippen LogP contribution in [0.25, 0.3) is 0 Å². The summed E-state index contributed by atoms with van der Waals surface area (Å²) < 4.78 is 59.3. The smallest absolute Gasteiger partial charge is 0.397 e. The third-order valence-corrected chi connectivity index (χ3v) is 12.3. The first-order chi connectivity index (χ1) is 33.1. The Morgan fingerprint density at radius 2 is 1.01 bits per heavy atom. The summed E-state index contributed by atoms with van der Waals surface area (Å²) >= 11 is 0. The van der Waals surface area contributed by atoms with Gasteiger partial charge in [-0.15, -0.1) is 0 Å². The van der Waals surface area contributed by atoms with Gasteiger partial charge in [0.1, 0.15) is 30.5 Å². The number of rotatable bonds is 46. The molecule has 1 saturated heterocycles. The van der Waals surface area contributed by atoms with Gasteiger partial charge in [-0.25, -0.2) is 4.18 Å². The van der Waals surface area contributed by atoms with Crippen molar-refractivity contribution in [2.45, 2.75) is 243 Å². The van der Waals surface area contributed by atoms with E-state index in [1.165, 1.54) is 89.9 Å². The number of hydrogen-bond acceptors (Lipinski definition) is 11. The lowest BCUT2D eigenvalue weighted by molar-refractivity contribution is -0.301. The molecule has 0 aromatic carbocycles. The molecule has 12 nitrogen and oxygen atoms in total. The lowest BCUT2D eigenvalue weighted by Gasteiger charge is -2.41. The van der Waals surface area contributed by atoms with E-state index in [1.54, 1.807) is 0 Å². The number of hydrogen-bond donors (Lipinski definition) is 4. The molecule has 0 spiro atoms. The van der Waals surface area contributed by atoms with Crippen molar-refractivity contribution in [1.82, 2.24) is 0 Å². The van der Waals surface area contributed by atoms with Crippen LogP contribution in [0.5, 0.6) is 0 Å². The maximum absolute atomic E-state index is 12.9. The molecule has 1 rings (SSSR count). The highest BCUT2D eigenvalue weighted by atomic mass is 32.3. The summed E-state index contributed by atoms with van der Waals surface area (Å²) in [6, 6.07) is 0. The molecular formula is C55H96O12S. The number of ether oxygens (including phenoxy) is 4. The molecule has 0 saturated carbocycles. The van der Waals surface area contributed by atoms with Gasteiger partial charge in [0.05, 0.1) is 19.8 Å². The Kier molecular flexibility index (Phi) is 42.7. The van der Waals surface area contributed by atoms with Gasteiger partial charge in [-0.3, -0.25) is 9.35 Å². The molecule has 68 heavy (non-hydrogen) atoms. The number of allylic oxidation sites excluding steroid dienone is 12. The summed E-state index contributed by atoms with van der Waals surface area (Å²) in [5.41, 5.74) is 0. The van der Waals surface area contributed by atoms with Gasteiger partial charge in [-0.2, -0.15) is 8.42 Å². The highest BCUT2D eigenvalue weighted by molar-refractivity contribution is 7.80. The number of unbranched alkanes of at least 4 members (excludes halogenated alkanes) is 21. The second-order valence-electron chi connectivity index (χ2n) is 18.1. The highest BCUT2D eigenvalue weighted by Crippen LogP contribution is 2.26. The van der Waals surface area contributed by atoms with Gasteiger partial charge in [0, 0.05) is 13.0 Å². The molecule has 0 amide bonds. The third kappa shape index (κ3) is 38.3. The van der Waals surface area contributed by atoms with Crippen LogP contribution in [-0.4, -0.2) is 97.5 Å². The first kappa shape index (κ1) is 63.6. The Labute approximate surface area is 413 Å². The quantitative estimate of drug-likeness (QED) is 0.0197. The van der Waals surface area contributed by atoms with Crippen molar-refractivity contribution < 1.29 is 56.2 Å². The van der Waals surface area contributed by atoms with E-state index >= 15 is 0 Å². The summed E-state index contributed by atoms with van der Waals surface area (Å²) in [5, 5.41) is 30.8. The first-order valence-electron chi connectivity index (χ1n) is 26.7. The van der Waals surface area contributed by atoms with Gasteiger partial charge in [-0.1, -0.05) is 189 Å². The Hall–Kier alpha value is -2.46. The molecule has 1 aliphatic heterocycles. The SMILES string of the molecule is CC/C=C\C/C=C\C/C=C\C/C=C\CCCCCCCCCCCCCCC(=O)OC(COCCCCCCCC/C=C\C/C=C\CCCCC)COC1OC(CO)C(O)C(OS(=O)(=O)O)C1O. The summed E-state index contributed by atoms with van der Waals surface area (Å²) in [6.07, 6.45) is 50.7. The Bertz CT molecular complexity index is 1460. The van der Waals surface area contributed by atoms with Crippen LogP contribution in [0.15, 0.2) is 72.9 Å². The largest absolute Gasteiger partial charge is 0.457 e. The van der Waals surface area contributed by atoms with Crippen LogP contribution < -0.4 is 0 Å². The molecule has 13 heteroatoms. The number of aliphatic hydroxyl groups excluding tert-OH is 3. The highest BCUT2D eigenvalue weighted by Gasteiger charge is 2.48. The van der Waals surface area contributed by atoms with E-state index in [-0.39, 0.29) is 19.6 Å². The number of carbonyl (C=O) groups is 1. The van der Waals surface area contributed by atoms with Crippen molar-refractivity contribution in [3.8, 4) is 0 Å². The summed E-state index contributed by atoms with van der Waals surface area (Å²) in [7, 11) is -5.07. The molecule has 0 aromatic rings. The maximum Gasteiger partial charge on any atom is 0.397 e. The molecule has 4 N–H and O–H groups in total. The standard InChI is InChI=1S/C55H96O12S/c1-3-5-7-9-11-13-15-17-19-21-22-23-24-25-26-27-28-29-30-32-34-36-38-40-42-44-51(57)65-49(48-64-55-53(59)54(67-68(60,61)62)52(58)50(46-56)66-55)47-63-45-43-41-39-37-35-33-31-20-18-16-14-12-10-8-6-4-2/h5,7,11-14,17-20,22-23,49-50,52-56,58-59H,3-4,6,8-10,15-16,21,24-48H2,1-2H3,(H,60,61,62)/b7-5-,13-11-,14-12-,19-17-,20-18-,23-22-. The van der Waals surface area contributed by atoms with Gasteiger partial charge in [0.25, 0.3) is 0 Å². The van der Waals surface area contributed by atoms with Gasteiger partial charge in [0.2, 0.25) is 0 Å². The fourth-order valence-corrected chi connectivity index (χ4v) is 8.32. The molecule has 6 unspecified atom stereocenters. The summed E-state index contributed by atoms with van der Waals surface area (Å²) in [4.78, 5) is 12.9. The van der Waals surface area contributed by atoms with Crippen LogP contribution in [0.2, 0.25) is 0 Å². The van der Waals surface area contributed by atoms with E-state index in [0.717, 1.165) is 89.9 Å². The van der Waals surface area contributed by atoms with E-state index < -0.39 is 59.8 Å². The van der Waals surface area contributed by atoms with Crippen molar-refractivity contribution in [3.63, 3.8) is 0 Å². The van der Waals surface area contributed by atoms with Gasteiger partial charge < -0.3 is 34.3 Å². The Morgan fingerprint density at radius 3 is 1.49 bits per heavy atom. The normalized spacial score (nSPS) is 19.9. The molecule has 1 fully saturated rings. The number of esters is 1. The number of aliphatic hydroxyl groups is 3. The van der Waals surface area contributed by atoms with Crippen LogP contribution in [0.3, 0.4) is 0 Å². The predicted molar refractivity (Wildman–Crippen MR) is 276 cm³/mol. The minimum atomic E-state index is -5.07. The van der Waals surface area contributed by atoms with Crippen LogP contribution in [0.1, 0.15) is 206 Å². The molecule has 1 heterocycles. The average Bonchev–Trinajstić information content (AvgIpc) is 3.31. The lowest BCUT2D eigenvalue weighted by Crippen LogP contribution is -2.60. The predicted octanol–water partition coefficient (Wildman–Crippen LogP) is 12.6. The second-order valence-corrected chi connectivity index (χ2v) is 19.1. The fourth-order valence-electron chi connectivity index (χ4n) is 7.81. The Balaban J connectivity index is 2.32. The van der Waals surface area contributed by atoms with Crippen LogP contribution >= 0.6 is 0 Å². The number of carbonyl (C=O) groups excluding carboxylic acids is 1. The van der Waals surface area contributed by atoms with Crippen LogP contribution in [0, 0.1) is 0 Å². The van der Waals surface area contributed by atoms with Gasteiger partial charge in [0.15, 0.2) is 6.29 Å². The zero-order chi connectivity index (χ0) is 49.6. The second kappa shape index (κ2) is 45.7. The zero-order valence-corrected chi connectivity index (χ0v) is 43.2. The molecule has 0 aliphatic carbocycles. The van der Waals surface area contributed by atoms with E-state index in [2.05, 4.69) is 90.9 Å². The molecule has 1 aliphatic rings. The van der Waals surface area contributed by atoms with Gasteiger partial charge >= 0.3 is 16.4 Å². The van der Waals surface area contributed by atoms with Crippen molar-refractivity contribution in [2.75, 3.05) is 26.4 Å². The van der Waals surface area contributed by atoms with Gasteiger partial charge in [-0.05, 0) is 83.5 Å². The van der Waals surface area contributed by atoms with Crippen LogP contribution in [0.4, 0.5) is 0 Å². The third-order valence-electron chi connectivity index (χ3n) is 11.8. The molecular weight excluding hydrogens is 885 g/mol. The fraction of sp³-hybridized carbons (Fsp3) is 0.764. The summed E-state index contributed by atoms with van der Waals surface area (Å²) in [6.45, 7) is 3.84. The average molecular weight is 981 g/mol. The van der Waals surface area contributed by atoms with Crippen molar-refractivity contribution in [3.05, 3.63) is 72.9 Å². The van der Waals surface area contributed by atoms with E-state index in [1.807, 2.05) is 0 Å². The molecule has 0 bridgehead atoms. The minimum absolute atomic E-state index is 0.0256. The maximum atomic E-state index is 12.9. The van der Waals surface area contributed by atoms with E-state index in [0.29, 0.717) is 13.0 Å². The van der Waals surface area contributed by atoms with Crippen LogP contribution in [-0.2, 0) is 38.3 Å². The first-order valence-corrected chi connectivity index (χ1v) is 28.1. The summed E-state index contributed by atoms with van der Waals surface area (Å²) in [5.74, 6) is -0.407. The molecule has 0 radical (unpaired) electrons. The van der Waals surface area contributed by atoms with E-state index in [9.17, 15) is 33.1 Å². The van der Waals surface area contributed by atoms with Crippen molar-refractivity contribution in [1.29, 1.82) is 0 Å². The van der Waals surface area contributed by atoms with Crippen molar-refractivity contribution in [2.24, 2.45) is 0 Å². The molecule has 394 valence electrons. The molecule has 0 aromatic heterocycles.